The van der Waals surface area contributed by atoms with E-state index in [0.717, 1.165) is 21.8 Å². The number of nitrogens with zero attached hydrogens (tertiary/aromatic N) is 1. The highest BCUT2D eigenvalue weighted by Crippen LogP contribution is 2.10. The quantitative estimate of drug-likeness (QED) is 0.695. The molecule has 0 atom stereocenters. The van der Waals surface area contributed by atoms with Gasteiger partial charge in [0.15, 0.2) is 0 Å². The lowest BCUT2D eigenvalue weighted by atomic mass is 10.1. The van der Waals surface area contributed by atoms with Gasteiger partial charge in [-0.15, -0.1) is 0 Å². The first-order chi connectivity index (χ1) is 7.63. The molecule has 3 heteroatoms. The molecule has 1 aliphatic heterocycles. The number of hydrogen-bond donors (Lipinski definition) is 0. The third-order valence-corrected chi connectivity index (χ3v) is 2.60. The van der Waals surface area contributed by atoms with Crippen LogP contribution < -0.4 is 10.6 Å². The average molecular weight is 215 g/mol. The van der Waals surface area contributed by atoms with Crippen molar-refractivity contribution in [3.63, 3.8) is 0 Å². The zero-order valence-electron chi connectivity index (χ0n) is 9.41. The van der Waals surface area contributed by atoms with Crippen molar-refractivity contribution in [2.75, 3.05) is 6.61 Å². The first-order valence-electron chi connectivity index (χ1n) is 5.19. The molecule has 0 amide bonds. The Hall–Kier alpha value is -1.90. The minimum Gasteiger partial charge on any atom is -0.462 e. The molecule has 1 heterocycles. The van der Waals surface area contributed by atoms with Gasteiger partial charge in [0.2, 0.25) is 0 Å². The molecule has 0 saturated carbocycles. The normalized spacial score (nSPS) is 13.4. The Morgan fingerprint density at radius 1 is 1.50 bits per heavy atom. The molecule has 3 nitrogen and oxygen atoms in total. The van der Waals surface area contributed by atoms with Gasteiger partial charge in [0.1, 0.15) is 0 Å². The molecule has 1 aliphatic rings. The van der Waals surface area contributed by atoms with Gasteiger partial charge in [0.05, 0.1) is 23.2 Å². The van der Waals surface area contributed by atoms with Crippen molar-refractivity contribution in [1.29, 1.82) is 0 Å². The average Bonchev–Trinajstić information content (AvgIpc) is 2.55. The lowest BCUT2D eigenvalue weighted by Gasteiger charge is -2.00. The van der Waals surface area contributed by atoms with Gasteiger partial charge in [-0.1, -0.05) is 6.58 Å². The highest BCUT2D eigenvalue weighted by Gasteiger charge is 2.10. The minimum atomic E-state index is -0.296. The minimum absolute atomic E-state index is 0.296. The second kappa shape index (κ2) is 3.93. The number of carbonyl (C=O) groups is 1. The van der Waals surface area contributed by atoms with Gasteiger partial charge < -0.3 is 4.74 Å². The standard InChI is InChI=1S/C13H13NO2/c1-4-16-13(15)10-5-6-12-11(7-10)8(2)9(3)14-12/h5-7H,3-4H2,1-2H3. The number of rotatable bonds is 2. The van der Waals surface area contributed by atoms with Crippen molar-refractivity contribution in [3.8, 4) is 0 Å². The summed E-state index contributed by atoms with van der Waals surface area (Å²) in [5, 5.41) is 1.84. The summed E-state index contributed by atoms with van der Waals surface area (Å²) in [6.07, 6.45) is 0. The highest BCUT2D eigenvalue weighted by molar-refractivity contribution is 5.89. The molecular formula is C13H13NO2. The van der Waals surface area contributed by atoms with Crippen LogP contribution >= 0.6 is 0 Å². The fourth-order valence-corrected chi connectivity index (χ4v) is 1.66. The van der Waals surface area contributed by atoms with Crippen LogP contribution in [-0.4, -0.2) is 12.6 Å². The number of fused-ring (bicyclic) bond motifs is 1. The second-order valence-corrected chi connectivity index (χ2v) is 3.64. The molecule has 2 rings (SSSR count). The molecule has 0 saturated heterocycles. The zero-order valence-corrected chi connectivity index (χ0v) is 9.41. The Morgan fingerprint density at radius 2 is 2.25 bits per heavy atom. The number of hydrogen-bond acceptors (Lipinski definition) is 3. The van der Waals surface area contributed by atoms with Gasteiger partial charge in [-0.05, 0) is 37.6 Å². The summed E-state index contributed by atoms with van der Waals surface area (Å²) in [4.78, 5) is 15.8. The van der Waals surface area contributed by atoms with Crippen LogP contribution in [0.1, 0.15) is 24.2 Å². The molecule has 0 aliphatic carbocycles. The molecule has 0 aromatic heterocycles. The van der Waals surface area contributed by atoms with Crippen LogP contribution in [0.15, 0.2) is 35.5 Å². The van der Waals surface area contributed by atoms with E-state index in [4.69, 9.17) is 4.74 Å². The maximum Gasteiger partial charge on any atom is 0.338 e. The maximum atomic E-state index is 11.5. The molecule has 0 spiro atoms. The van der Waals surface area contributed by atoms with Gasteiger partial charge in [-0.25, -0.2) is 9.79 Å². The summed E-state index contributed by atoms with van der Waals surface area (Å²) < 4.78 is 4.95. The summed E-state index contributed by atoms with van der Waals surface area (Å²) in [7, 11) is 0. The van der Waals surface area contributed by atoms with Crippen molar-refractivity contribution in [2.24, 2.45) is 4.99 Å². The molecule has 0 N–H and O–H groups in total. The maximum absolute atomic E-state index is 11.5. The fourth-order valence-electron chi connectivity index (χ4n) is 1.66. The Labute approximate surface area is 93.8 Å². The van der Waals surface area contributed by atoms with E-state index in [1.165, 1.54) is 0 Å². The second-order valence-electron chi connectivity index (χ2n) is 3.64. The molecule has 1 aromatic rings. The van der Waals surface area contributed by atoms with E-state index in [1.807, 2.05) is 19.1 Å². The highest BCUT2D eigenvalue weighted by atomic mass is 16.5. The Morgan fingerprint density at radius 3 is 2.94 bits per heavy atom. The monoisotopic (exact) mass is 215 g/mol. The first-order valence-corrected chi connectivity index (χ1v) is 5.19. The summed E-state index contributed by atoms with van der Waals surface area (Å²) in [6, 6.07) is 5.36. The van der Waals surface area contributed by atoms with E-state index < -0.39 is 0 Å². The van der Waals surface area contributed by atoms with Crippen LogP contribution in [-0.2, 0) is 4.74 Å². The Kier molecular flexibility index (Phi) is 2.60. The van der Waals surface area contributed by atoms with Crippen molar-refractivity contribution in [1.82, 2.24) is 0 Å². The molecule has 0 radical (unpaired) electrons. The largest absolute Gasteiger partial charge is 0.462 e. The summed E-state index contributed by atoms with van der Waals surface area (Å²) in [6.45, 7) is 7.97. The molecule has 0 bridgehead atoms. The third-order valence-electron chi connectivity index (χ3n) is 2.60. The van der Waals surface area contributed by atoms with Crippen molar-refractivity contribution in [2.45, 2.75) is 13.8 Å². The van der Waals surface area contributed by atoms with Gasteiger partial charge in [0, 0.05) is 5.22 Å². The molecule has 1 aromatic carbocycles. The van der Waals surface area contributed by atoms with Crippen molar-refractivity contribution >= 4 is 11.5 Å². The number of allylic oxidation sites excluding steroid dienone is 1. The fraction of sp³-hybridized carbons (Fsp3) is 0.231. The summed E-state index contributed by atoms with van der Waals surface area (Å²) >= 11 is 0. The summed E-state index contributed by atoms with van der Waals surface area (Å²) in [5.41, 5.74) is 2.34. The molecule has 82 valence electrons. The zero-order chi connectivity index (χ0) is 11.7. The third kappa shape index (κ3) is 1.65. The van der Waals surface area contributed by atoms with Crippen LogP contribution in [0.4, 0.5) is 0 Å². The molecule has 16 heavy (non-hydrogen) atoms. The smallest absolute Gasteiger partial charge is 0.338 e. The van der Waals surface area contributed by atoms with Crippen molar-refractivity contribution < 1.29 is 9.53 Å². The van der Waals surface area contributed by atoms with Crippen LogP contribution in [0, 0.1) is 0 Å². The van der Waals surface area contributed by atoms with E-state index in [9.17, 15) is 4.79 Å². The first kappa shape index (κ1) is 10.6. The Balaban J connectivity index is 2.55. The van der Waals surface area contributed by atoms with Crippen LogP contribution in [0.5, 0.6) is 0 Å². The lowest BCUT2D eigenvalue weighted by Crippen LogP contribution is -2.24. The lowest BCUT2D eigenvalue weighted by molar-refractivity contribution is 0.0526. The van der Waals surface area contributed by atoms with Crippen LogP contribution in [0.3, 0.4) is 0 Å². The van der Waals surface area contributed by atoms with E-state index in [2.05, 4.69) is 11.6 Å². The van der Waals surface area contributed by atoms with E-state index in [-0.39, 0.29) is 5.97 Å². The number of carbonyl (C=O) groups excluding carboxylic acids is 1. The Bertz CT molecular complexity index is 584. The van der Waals surface area contributed by atoms with E-state index >= 15 is 0 Å². The van der Waals surface area contributed by atoms with Crippen LogP contribution in [0.2, 0.25) is 0 Å². The molecule has 0 fully saturated rings. The molecule has 0 unspecified atom stereocenters. The van der Waals surface area contributed by atoms with Gasteiger partial charge in [-0.3, -0.25) is 0 Å². The van der Waals surface area contributed by atoms with Gasteiger partial charge >= 0.3 is 5.97 Å². The number of ether oxygens (including phenoxy) is 1. The number of esters is 1. The SMILES string of the molecule is C=C1N=c2ccc(C(=O)OCC)cc2=C1C. The molecular weight excluding hydrogens is 202 g/mol. The summed E-state index contributed by atoms with van der Waals surface area (Å²) in [5.74, 6) is -0.296. The topological polar surface area (TPSA) is 38.7 Å². The van der Waals surface area contributed by atoms with Crippen molar-refractivity contribution in [3.05, 3.63) is 46.6 Å². The number of benzene rings is 1. The van der Waals surface area contributed by atoms with Crippen LogP contribution in [0.25, 0.3) is 5.57 Å². The van der Waals surface area contributed by atoms with E-state index in [1.54, 1.807) is 13.0 Å². The van der Waals surface area contributed by atoms with Gasteiger partial charge in [0.25, 0.3) is 0 Å². The van der Waals surface area contributed by atoms with E-state index in [0.29, 0.717) is 12.2 Å². The van der Waals surface area contributed by atoms with Gasteiger partial charge in [-0.2, -0.15) is 0 Å². The predicted molar refractivity (Wildman–Crippen MR) is 61.4 cm³/mol. The predicted octanol–water partition coefficient (Wildman–Crippen LogP) is 1.18.